The number of hydrogen-bond donors (Lipinski definition) is 1. The number of halogens is 1. The number of nitrogens with zero attached hydrogens (tertiary/aromatic N) is 4. The van der Waals surface area contributed by atoms with Crippen molar-refractivity contribution in [3.05, 3.63) is 35.9 Å². The molecule has 0 aliphatic heterocycles. The first kappa shape index (κ1) is 12.4. The maximum Gasteiger partial charge on any atom is 0.247 e. The third-order valence-corrected chi connectivity index (χ3v) is 2.79. The van der Waals surface area contributed by atoms with Crippen LogP contribution < -0.4 is 9.63 Å². The van der Waals surface area contributed by atoms with Crippen LogP contribution in [-0.4, -0.2) is 27.9 Å². The van der Waals surface area contributed by atoms with Gasteiger partial charge in [-0.05, 0) is 6.07 Å². The smallest absolute Gasteiger partial charge is 0.247 e. The lowest BCUT2D eigenvalue weighted by molar-refractivity contribution is -0.904. The molecule has 0 aliphatic rings. The molecule has 7 heteroatoms. The van der Waals surface area contributed by atoms with Gasteiger partial charge in [-0.15, -0.1) is 0 Å². The first-order valence-electron chi connectivity index (χ1n) is 5.19. The summed E-state index contributed by atoms with van der Waals surface area (Å²) in [5.74, 6) is -0.137. The zero-order chi connectivity index (χ0) is 13.3. The molecule has 1 amide bonds. The SMILES string of the molecule is CC(=O)N(C)c1cn(-c2ccc[n+](O)c2)nc1Cl. The fourth-order valence-electron chi connectivity index (χ4n) is 1.46. The molecule has 0 saturated carbocycles. The van der Waals surface area contributed by atoms with Gasteiger partial charge in [0.2, 0.25) is 18.3 Å². The molecule has 6 nitrogen and oxygen atoms in total. The second kappa shape index (κ2) is 4.66. The topological polar surface area (TPSA) is 62.2 Å². The van der Waals surface area contributed by atoms with Crippen LogP contribution in [-0.2, 0) is 4.79 Å². The number of anilines is 1. The Hall–Kier alpha value is -2.08. The van der Waals surface area contributed by atoms with Gasteiger partial charge in [0.1, 0.15) is 11.4 Å². The Kier molecular flexibility index (Phi) is 3.20. The Morgan fingerprint density at radius 3 is 2.94 bits per heavy atom. The van der Waals surface area contributed by atoms with E-state index in [4.69, 9.17) is 11.6 Å². The van der Waals surface area contributed by atoms with Crippen LogP contribution in [0, 0.1) is 0 Å². The molecule has 18 heavy (non-hydrogen) atoms. The molecular formula is C11H12ClN4O2+. The summed E-state index contributed by atoms with van der Waals surface area (Å²) in [7, 11) is 1.62. The molecule has 2 rings (SSSR count). The molecule has 0 spiro atoms. The van der Waals surface area contributed by atoms with Gasteiger partial charge >= 0.3 is 0 Å². The molecule has 2 heterocycles. The standard InChI is InChI=1S/C11H12ClN4O2/c1-8(17)14(2)10-7-16(13-11(10)12)9-4-3-5-15(18)6-9/h3-7,18H,1-2H3/q+1. The summed E-state index contributed by atoms with van der Waals surface area (Å²) in [5.41, 5.74) is 1.14. The Bertz CT molecular complexity index is 596. The lowest BCUT2D eigenvalue weighted by Crippen LogP contribution is -2.29. The Morgan fingerprint density at radius 2 is 2.33 bits per heavy atom. The minimum absolute atomic E-state index is 0.137. The minimum atomic E-state index is -0.137. The van der Waals surface area contributed by atoms with Crippen molar-refractivity contribution in [3.8, 4) is 5.69 Å². The summed E-state index contributed by atoms with van der Waals surface area (Å²) < 4.78 is 2.41. The Balaban J connectivity index is 2.43. The number of rotatable bonds is 2. The van der Waals surface area contributed by atoms with Crippen LogP contribution in [0.25, 0.3) is 5.69 Å². The molecule has 0 radical (unpaired) electrons. The van der Waals surface area contributed by atoms with E-state index in [-0.39, 0.29) is 11.1 Å². The molecule has 94 valence electrons. The molecular weight excluding hydrogens is 256 g/mol. The number of carbonyl (C=O) groups is 1. The summed E-state index contributed by atoms with van der Waals surface area (Å²) in [6.07, 6.45) is 4.58. The third kappa shape index (κ3) is 2.28. The van der Waals surface area contributed by atoms with Crippen molar-refractivity contribution in [2.24, 2.45) is 0 Å². The van der Waals surface area contributed by atoms with E-state index in [2.05, 4.69) is 5.10 Å². The van der Waals surface area contributed by atoms with Crippen LogP contribution >= 0.6 is 11.6 Å². The average Bonchev–Trinajstić information content (AvgIpc) is 2.70. The molecule has 0 fully saturated rings. The van der Waals surface area contributed by atoms with Crippen LogP contribution in [0.1, 0.15) is 6.92 Å². The maximum atomic E-state index is 11.3. The van der Waals surface area contributed by atoms with Crippen molar-refractivity contribution >= 4 is 23.2 Å². The van der Waals surface area contributed by atoms with Crippen LogP contribution in [0.15, 0.2) is 30.7 Å². The average molecular weight is 268 g/mol. The van der Waals surface area contributed by atoms with Crippen LogP contribution in [0.4, 0.5) is 5.69 Å². The van der Waals surface area contributed by atoms with Gasteiger partial charge in [0, 0.05) is 24.8 Å². The molecule has 0 unspecified atom stereocenters. The summed E-state index contributed by atoms with van der Waals surface area (Å²) in [5, 5.41) is 13.6. The number of pyridine rings is 1. The fourth-order valence-corrected chi connectivity index (χ4v) is 1.71. The van der Waals surface area contributed by atoms with E-state index >= 15 is 0 Å². The largest absolute Gasteiger partial charge is 0.312 e. The highest BCUT2D eigenvalue weighted by Gasteiger charge is 2.15. The van der Waals surface area contributed by atoms with E-state index in [9.17, 15) is 10.0 Å². The van der Waals surface area contributed by atoms with Crippen LogP contribution in [0.2, 0.25) is 5.15 Å². The van der Waals surface area contributed by atoms with Crippen molar-refractivity contribution in [3.63, 3.8) is 0 Å². The van der Waals surface area contributed by atoms with E-state index < -0.39 is 0 Å². The van der Waals surface area contributed by atoms with E-state index in [1.54, 1.807) is 25.4 Å². The number of hydrogen-bond acceptors (Lipinski definition) is 3. The molecule has 0 saturated heterocycles. The zero-order valence-corrected chi connectivity index (χ0v) is 10.7. The Morgan fingerprint density at radius 1 is 1.61 bits per heavy atom. The van der Waals surface area contributed by atoms with Crippen molar-refractivity contribution < 1.29 is 14.7 Å². The van der Waals surface area contributed by atoms with Crippen molar-refractivity contribution in [1.82, 2.24) is 9.78 Å². The summed E-state index contributed by atoms with van der Waals surface area (Å²) in [6.45, 7) is 1.44. The summed E-state index contributed by atoms with van der Waals surface area (Å²) in [4.78, 5) is 12.7. The summed E-state index contributed by atoms with van der Waals surface area (Å²) in [6, 6.07) is 3.42. The van der Waals surface area contributed by atoms with Crippen molar-refractivity contribution in [1.29, 1.82) is 0 Å². The van der Waals surface area contributed by atoms with Gasteiger partial charge in [-0.25, -0.2) is 4.68 Å². The van der Waals surface area contributed by atoms with Gasteiger partial charge in [-0.3, -0.25) is 10.0 Å². The second-order valence-electron chi connectivity index (χ2n) is 3.77. The van der Waals surface area contributed by atoms with Crippen molar-refractivity contribution in [2.75, 3.05) is 11.9 Å². The first-order valence-corrected chi connectivity index (χ1v) is 5.57. The summed E-state index contributed by atoms with van der Waals surface area (Å²) >= 11 is 5.98. The normalized spacial score (nSPS) is 10.4. The van der Waals surface area contributed by atoms with E-state index in [0.29, 0.717) is 11.4 Å². The van der Waals surface area contributed by atoms with Gasteiger partial charge in [-0.1, -0.05) is 11.6 Å². The second-order valence-corrected chi connectivity index (χ2v) is 4.13. The quantitative estimate of drug-likeness (QED) is 0.653. The first-order chi connectivity index (χ1) is 8.49. The number of carbonyl (C=O) groups excluding carboxylic acids is 1. The number of aromatic nitrogens is 3. The molecule has 0 bridgehead atoms. The van der Waals surface area contributed by atoms with Crippen molar-refractivity contribution in [2.45, 2.75) is 6.92 Å². The molecule has 0 atom stereocenters. The highest BCUT2D eigenvalue weighted by Crippen LogP contribution is 2.24. The third-order valence-electron chi connectivity index (χ3n) is 2.52. The highest BCUT2D eigenvalue weighted by molar-refractivity contribution is 6.32. The maximum absolute atomic E-state index is 11.3. The highest BCUT2D eigenvalue weighted by atomic mass is 35.5. The lowest BCUT2D eigenvalue weighted by Gasteiger charge is -2.11. The number of amides is 1. The van der Waals surface area contributed by atoms with Gasteiger partial charge < -0.3 is 4.90 Å². The van der Waals surface area contributed by atoms with Gasteiger partial charge in [-0.2, -0.15) is 5.10 Å². The van der Waals surface area contributed by atoms with E-state index in [0.717, 1.165) is 4.73 Å². The van der Waals surface area contributed by atoms with E-state index in [1.165, 1.54) is 28.9 Å². The van der Waals surface area contributed by atoms with Gasteiger partial charge in [0.15, 0.2) is 5.15 Å². The predicted molar refractivity (Wildman–Crippen MR) is 65.0 cm³/mol. The lowest BCUT2D eigenvalue weighted by atomic mass is 10.4. The monoisotopic (exact) mass is 267 g/mol. The van der Waals surface area contributed by atoms with Gasteiger partial charge in [0.05, 0.1) is 6.20 Å². The van der Waals surface area contributed by atoms with Crippen LogP contribution in [0.5, 0.6) is 0 Å². The molecule has 0 aromatic carbocycles. The van der Waals surface area contributed by atoms with Gasteiger partial charge in [0.25, 0.3) is 0 Å². The molecule has 0 aliphatic carbocycles. The fraction of sp³-hybridized carbons (Fsp3) is 0.182. The van der Waals surface area contributed by atoms with E-state index in [1.807, 2.05) is 0 Å². The molecule has 1 N–H and O–H groups in total. The zero-order valence-electron chi connectivity index (χ0n) is 9.91. The molecule has 2 aromatic heterocycles. The molecule has 2 aromatic rings. The Labute approximate surface area is 109 Å². The predicted octanol–water partition coefficient (Wildman–Crippen LogP) is 1.03. The van der Waals surface area contributed by atoms with Crippen LogP contribution in [0.3, 0.4) is 0 Å². The minimum Gasteiger partial charge on any atom is -0.312 e.